The number of hydrogen-bond donors (Lipinski definition) is 3. The molecule has 2 rings (SSSR count). The summed E-state index contributed by atoms with van der Waals surface area (Å²) in [5, 5.41) is 11.3. The summed E-state index contributed by atoms with van der Waals surface area (Å²) in [5.74, 6) is -0.740. The van der Waals surface area contributed by atoms with Crippen LogP contribution in [-0.2, 0) is 4.79 Å². The Morgan fingerprint density at radius 3 is 3.06 bits per heavy atom. The zero-order valence-electron chi connectivity index (χ0n) is 8.90. The molecule has 1 aromatic carbocycles. The van der Waals surface area contributed by atoms with Gasteiger partial charge < -0.3 is 20.9 Å². The number of nitrogens with two attached hydrogens (primary N) is 1. The summed E-state index contributed by atoms with van der Waals surface area (Å²) in [6.07, 6.45) is -0.564. The van der Waals surface area contributed by atoms with Crippen molar-refractivity contribution in [2.75, 3.05) is 11.9 Å². The van der Waals surface area contributed by atoms with Crippen molar-refractivity contribution in [3.05, 3.63) is 23.8 Å². The number of carbonyl (C=O) groups excluding carboxylic acids is 2. The summed E-state index contributed by atoms with van der Waals surface area (Å²) in [6, 6.07) is 5.71. The number of ether oxygens (including phenoxy) is 1. The van der Waals surface area contributed by atoms with Gasteiger partial charge in [0.2, 0.25) is 0 Å². The number of hydrogen-bond acceptors (Lipinski definition) is 4. The van der Waals surface area contributed by atoms with Gasteiger partial charge in [0.1, 0.15) is 5.75 Å². The highest BCUT2D eigenvalue weighted by atomic mass is 16.5. The van der Waals surface area contributed by atoms with Crippen molar-refractivity contribution in [1.82, 2.24) is 0 Å². The lowest BCUT2D eigenvalue weighted by Gasteiger charge is -2.26. The van der Waals surface area contributed by atoms with Gasteiger partial charge in [-0.25, -0.2) is 0 Å². The first-order valence-corrected chi connectivity index (χ1v) is 5.06. The lowest BCUT2D eigenvalue weighted by molar-refractivity contribution is -0.124. The number of nitrogens with one attached hydrogen (secondary N) is 1. The molecule has 1 aliphatic heterocycles. The zero-order chi connectivity index (χ0) is 12.4. The van der Waals surface area contributed by atoms with Crippen molar-refractivity contribution < 1.29 is 19.4 Å². The Balaban J connectivity index is 2.37. The number of aliphatic hydroxyl groups is 1. The lowest BCUT2D eigenvalue weighted by Crippen LogP contribution is -2.38. The molecular weight excluding hydrogens is 224 g/mol. The third-order valence-electron chi connectivity index (χ3n) is 2.41. The molecule has 17 heavy (non-hydrogen) atoms. The number of carbonyl (C=O) groups is 2. The van der Waals surface area contributed by atoms with Gasteiger partial charge in [-0.15, -0.1) is 0 Å². The summed E-state index contributed by atoms with van der Waals surface area (Å²) in [7, 11) is 0. The quantitative estimate of drug-likeness (QED) is 0.667. The van der Waals surface area contributed by atoms with Crippen LogP contribution in [0.5, 0.6) is 5.75 Å². The van der Waals surface area contributed by atoms with Crippen LogP contribution < -0.4 is 15.8 Å². The fourth-order valence-corrected chi connectivity index (χ4v) is 1.61. The van der Waals surface area contributed by atoms with Crippen molar-refractivity contribution in [1.29, 1.82) is 0 Å². The van der Waals surface area contributed by atoms with E-state index in [4.69, 9.17) is 15.6 Å². The highest BCUT2D eigenvalue weighted by Crippen LogP contribution is 2.32. The molecule has 0 saturated carbocycles. The molecule has 6 heteroatoms. The molecule has 4 N–H and O–H groups in total. The Labute approximate surface area is 97.4 Å². The summed E-state index contributed by atoms with van der Waals surface area (Å²) < 4.78 is 5.38. The molecule has 0 saturated heterocycles. The van der Waals surface area contributed by atoms with Crippen molar-refractivity contribution in [3.8, 4) is 5.75 Å². The van der Waals surface area contributed by atoms with E-state index in [0.717, 1.165) is 0 Å². The molecule has 0 spiro atoms. The maximum atomic E-state index is 11.6. The second-order valence-corrected chi connectivity index (χ2v) is 3.56. The van der Waals surface area contributed by atoms with Gasteiger partial charge in [-0.3, -0.25) is 9.59 Å². The Morgan fingerprint density at radius 1 is 1.65 bits per heavy atom. The molecule has 1 atom stereocenters. The van der Waals surface area contributed by atoms with Gasteiger partial charge in [-0.05, 0) is 18.2 Å². The number of aliphatic hydroxyl groups excluding tert-OH is 1. The van der Waals surface area contributed by atoms with E-state index in [1.165, 1.54) is 6.07 Å². The number of amides is 2. The van der Waals surface area contributed by atoms with E-state index in [0.29, 0.717) is 5.75 Å². The molecule has 89 valence electrons. The average molecular weight is 235 g/mol. The van der Waals surface area contributed by atoms with E-state index in [9.17, 15) is 9.59 Å². The fraction of sp³-hybridized carbons (Fsp3) is 0.273. The third kappa shape index (κ3) is 2.07. The number of rotatable bonds is 3. The van der Waals surface area contributed by atoms with Crippen LogP contribution in [0.25, 0.3) is 0 Å². The van der Waals surface area contributed by atoms with Crippen LogP contribution in [0.3, 0.4) is 0 Å². The van der Waals surface area contributed by atoms with Crippen LogP contribution in [0, 0.1) is 6.07 Å². The molecule has 0 bridgehead atoms. The second-order valence-electron chi connectivity index (χ2n) is 3.56. The minimum Gasteiger partial charge on any atom is -0.478 e. The average Bonchev–Trinajstić information content (AvgIpc) is 2.29. The van der Waals surface area contributed by atoms with Crippen molar-refractivity contribution in [2.24, 2.45) is 5.73 Å². The monoisotopic (exact) mass is 235 g/mol. The van der Waals surface area contributed by atoms with E-state index in [2.05, 4.69) is 11.4 Å². The highest BCUT2D eigenvalue weighted by Gasteiger charge is 2.29. The van der Waals surface area contributed by atoms with Crippen LogP contribution in [-0.4, -0.2) is 29.6 Å². The molecular formula is C11H11N2O4. The number of primary amides is 1. The van der Waals surface area contributed by atoms with E-state index >= 15 is 0 Å². The largest absolute Gasteiger partial charge is 0.478 e. The van der Waals surface area contributed by atoms with Gasteiger partial charge in [0.05, 0.1) is 11.3 Å². The molecule has 0 aromatic heterocycles. The van der Waals surface area contributed by atoms with Gasteiger partial charge in [0, 0.05) is 13.0 Å². The molecule has 0 aliphatic carbocycles. The number of fused-ring (bicyclic) bond motifs is 1. The maximum absolute atomic E-state index is 11.6. The van der Waals surface area contributed by atoms with Crippen LogP contribution in [0.15, 0.2) is 12.1 Å². The Hall–Kier alpha value is -2.08. The van der Waals surface area contributed by atoms with Crippen LogP contribution >= 0.6 is 0 Å². The molecule has 1 aromatic rings. The lowest BCUT2D eigenvalue weighted by atomic mass is 10.1. The number of anilines is 1. The SMILES string of the molecule is NC(=O)c1[c]ccc2c1NC(=O)C(CCO)O2. The summed E-state index contributed by atoms with van der Waals surface area (Å²) in [4.78, 5) is 22.7. The first-order valence-electron chi connectivity index (χ1n) is 5.06. The van der Waals surface area contributed by atoms with Gasteiger partial charge in [-0.2, -0.15) is 0 Å². The summed E-state index contributed by atoms with van der Waals surface area (Å²) >= 11 is 0. The highest BCUT2D eigenvalue weighted by molar-refractivity contribution is 6.06. The van der Waals surface area contributed by atoms with E-state index in [1.54, 1.807) is 6.07 Å². The molecule has 1 heterocycles. The Morgan fingerprint density at radius 2 is 2.41 bits per heavy atom. The van der Waals surface area contributed by atoms with E-state index in [-0.39, 0.29) is 24.3 Å². The minimum absolute atomic E-state index is 0.0818. The molecule has 6 nitrogen and oxygen atoms in total. The Bertz CT molecular complexity index is 473. The first-order chi connectivity index (χ1) is 8.13. The van der Waals surface area contributed by atoms with Crippen molar-refractivity contribution in [2.45, 2.75) is 12.5 Å². The van der Waals surface area contributed by atoms with Gasteiger partial charge in [0.25, 0.3) is 11.8 Å². The predicted octanol–water partition coefficient (Wildman–Crippen LogP) is -0.332. The maximum Gasteiger partial charge on any atom is 0.265 e. The fourth-order valence-electron chi connectivity index (χ4n) is 1.61. The molecule has 2 amide bonds. The standard InChI is InChI=1S/C11H11N2O4/c12-10(15)6-2-1-3-7-9(6)13-11(16)8(17-7)4-5-14/h1,3,8,14H,4-5H2,(H2,12,15)(H,13,16). The van der Waals surface area contributed by atoms with Crippen molar-refractivity contribution >= 4 is 17.5 Å². The Kier molecular flexibility index (Phi) is 2.97. The van der Waals surface area contributed by atoms with Crippen LogP contribution in [0.1, 0.15) is 16.8 Å². The normalized spacial score (nSPS) is 17.9. The van der Waals surface area contributed by atoms with Gasteiger partial charge >= 0.3 is 0 Å². The summed E-state index contributed by atoms with van der Waals surface area (Å²) in [5.41, 5.74) is 5.48. The van der Waals surface area contributed by atoms with E-state index in [1.807, 2.05) is 0 Å². The molecule has 1 aliphatic rings. The smallest absolute Gasteiger partial charge is 0.265 e. The van der Waals surface area contributed by atoms with Crippen LogP contribution in [0.4, 0.5) is 5.69 Å². The second kappa shape index (κ2) is 4.42. The number of benzene rings is 1. The minimum atomic E-state index is -0.754. The summed E-state index contributed by atoms with van der Waals surface area (Å²) in [6.45, 7) is -0.158. The van der Waals surface area contributed by atoms with Crippen molar-refractivity contribution in [3.63, 3.8) is 0 Å². The van der Waals surface area contributed by atoms with Gasteiger partial charge in [0.15, 0.2) is 6.10 Å². The molecule has 1 unspecified atom stereocenters. The van der Waals surface area contributed by atoms with Crippen LogP contribution in [0.2, 0.25) is 0 Å². The topological polar surface area (TPSA) is 102 Å². The predicted molar refractivity (Wildman–Crippen MR) is 58.5 cm³/mol. The molecule has 0 fully saturated rings. The zero-order valence-corrected chi connectivity index (χ0v) is 8.90. The molecule has 1 radical (unpaired) electrons. The third-order valence-corrected chi connectivity index (χ3v) is 2.41. The first kappa shape index (κ1) is 11.4. The van der Waals surface area contributed by atoms with E-state index < -0.39 is 17.9 Å². The van der Waals surface area contributed by atoms with Gasteiger partial charge in [-0.1, -0.05) is 0 Å².